The van der Waals surface area contributed by atoms with Crippen LogP contribution in [0.1, 0.15) is 58.5 Å². The van der Waals surface area contributed by atoms with E-state index in [1.165, 1.54) is 46.0 Å². The number of thiophene rings is 4. The van der Waals surface area contributed by atoms with E-state index in [0.29, 0.717) is 4.88 Å². The van der Waals surface area contributed by atoms with Crippen molar-refractivity contribution < 1.29 is 19.8 Å². The van der Waals surface area contributed by atoms with Crippen LogP contribution in [0.4, 0.5) is 17.1 Å². The summed E-state index contributed by atoms with van der Waals surface area (Å²) in [5, 5.41) is 27.7. The molecule has 0 radical (unpaired) electrons. The third-order valence-electron chi connectivity index (χ3n) is 11.9. The second-order valence-corrected chi connectivity index (χ2v) is 21.6. The highest BCUT2D eigenvalue weighted by molar-refractivity contribution is 7.23. The summed E-state index contributed by atoms with van der Waals surface area (Å²) in [5.41, 5.74) is 11.5. The second-order valence-electron chi connectivity index (χ2n) is 17.2. The molecule has 0 saturated carbocycles. The van der Waals surface area contributed by atoms with Gasteiger partial charge in [-0.25, -0.2) is 9.64 Å². The number of carboxylic acid groups (broad SMARTS) is 2. The summed E-state index contributed by atoms with van der Waals surface area (Å²) >= 11 is 6.19. The molecule has 0 fully saturated rings. The van der Waals surface area contributed by atoms with E-state index in [2.05, 4.69) is 212 Å². The fourth-order valence-electron chi connectivity index (χ4n) is 7.92. The van der Waals surface area contributed by atoms with Gasteiger partial charge in [-0.1, -0.05) is 126 Å². The molecule has 2 N–H and O–H groups in total. The summed E-state index contributed by atoms with van der Waals surface area (Å²) in [7, 11) is 0. The Kier molecular flexibility index (Phi) is 16.1. The maximum Gasteiger partial charge on any atom is 0.346 e. The number of hydrogen-bond acceptors (Lipinski definition) is 8. The van der Waals surface area contributed by atoms with Gasteiger partial charge in [0.25, 0.3) is 5.70 Å². The topological polar surface area (TPSA) is 106 Å². The Morgan fingerprint density at radius 1 is 0.493 bits per heavy atom. The highest BCUT2D eigenvalue weighted by atomic mass is 32.1. The van der Waals surface area contributed by atoms with Gasteiger partial charge in [0.05, 0.1) is 6.57 Å². The van der Waals surface area contributed by atoms with Crippen molar-refractivity contribution in [1.29, 1.82) is 5.26 Å². The van der Waals surface area contributed by atoms with Crippen molar-refractivity contribution in [3.05, 3.63) is 263 Å². The zero-order chi connectivity index (χ0) is 52.3. The van der Waals surface area contributed by atoms with E-state index in [9.17, 15) is 25.1 Å². The molecule has 364 valence electrons. The Morgan fingerprint density at radius 3 is 1.27 bits per heavy atom. The zero-order valence-corrected chi connectivity index (χ0v) is 43.8. The van der Waals surface area contributed by atoms with E-state index in [1.807, 2.05) is 24.3 Å². The Balaban J connectivity index is 0.954. The number of hydrogen-bond donors (Lipinski definition) is 2. The average molecular weight is 1050 g/mol. The number of nitriles is 1. The fourth-order valence-corrected chi connectivity index (χ4v) is 11.8. The number of carbonyl (C=O) groups is 2. The maximum absolute atomic E-state index is 11.3. The molecule has 0 unspecified atom stereocenters. The van der Waals surface area contributed by atoms with E-state index in [1.54, 1.807) is 28.7 Å². The van der Waals surface area contributed by atoms with Crippen LogP contribution in [0.25, 0.3) is 72.5 Å². The first-order valence-electron chi connectivity index (χ1n) is 23.5. The molecule has 9 aromatic rings. The van der Waals surface area contributed by atoms with Crippen LogP contribution in [0.15, 0.2) is 193 Å². The summed E-state index contributed by atoms with van der Waals surface area (Å²) in [6.45, 7) is 11.4. The predicted molar refractivity (Wildman–Crippen MR) is 316 cm³/mol. The Labute approximate surface area is 452 Å². The van der Waals surface area contributed by atoms with Crippen molar-refractivity contribution in [3.8, 4) is 25.6 Å². The van der Waals surface area contributed by atoms with Gasteiger partial charge in [-0.3, -0.25) is 4.79 Å². The van der Waals surface area contributed by atoms with Gasteiger partial charge in [-0.05, 0) is 156 Å². The van der Waals surface area contributed by atoms with Gasteiger partial charge in [-0.15, -0.1) is 45.3 Å². The molecule has 0 amide bonds. The molecule has 0 bridgehead atoms. The first-order chi connectivity index (χ1) is 36.5. The maximum atomic E-state index is 11.3. The molecule has 4 aromatic heterocycles. The first kappa shape index (κ1) is 51.0. The van der Waals surface area contributed by atoms with Crippen LogP contribution in [-0.2, 0) is 9.59 Å². The van der Waals surface area contributed by atoms with Gasteiger partial charge in [-0.2, -0.15) is 5.26 Å². The number of aryl methyl sites for hydroxylation is 2. The van der Waals surface area contributed by atoms with Crippen molar-refractivity contribution in [1.82, 2.24) is 0 Å². The molecule has 0 aliphatic carbocycles. The number of aliphatic carboxylic acids is 2. The number of anilines is 3. The third kappa shape index (κ3) is 13.0. The van der Waals surface area contributed by atoms with Crippen molar-refractivity contribution in [3.63, 3.8) is 0 Å². The molecule has 0 aliphatic heterocycles. The van der Waals surface area contributed by atoms with Gasteiger partial charge in [0.2, 0.25) is 0 Å². The molecule has 75 heavy (non-hydrogen) atoms. The summed E-state index contributed by atoms with van der Waals surface area (Å²) in [5.74, 6) is -2.47. The van der Waals surface area contributed by atoms with Crippen molar-refractivity contribution in [2.24, 2.45) is 0 Å². The van der Waals surface area contributed by atoms with Crippen LogP contribution in [0.5, 0.6) is 0 Å². The summed E-state index contributed by atoms with van der Waals surface area (Å²) in [4.78, 5) is 35.8. The number of benzene rings is 5. The molecule has 9 rings (SSSR count). The zero-order valence-electron chi connectivity index (χ0n) is 40.5. The molecule has 7 nitrogen and oxygen atoms in total. The monoisotopic (exact) mass is 1050 g/mol. The molecule has 11 heteroatoms. The Morgan fingerprint density at radius 2 is 0.880 bits per heavy atom. The lowest BCUT2D eigenvalue weighted by molar-refractivity contribution is -0.133. The Hall–Kier alpha value is -8.94. The SMILES string of the molecule is [C-]#[N+]C(=Cc1ccc(-c2ccc(C=Cc3ccc(N(c4ccc(C=CC=C(c5ccc(C)cc5)c5ccc(C)cc5)cc4)c4ccc(C=Cc5ccc(-c6ccc(C=C(C#N)C(=O)O)s6)s5)cc4)cc3)s2)s1)C(=O)O. The minimum atomic E-state index is -1.24. The van der Waals surface area contributed by atoms with Gasteiger partial charge in [0.1, 0.15) is 11.6 Å². The smallest absolute Gasteiger partial charge is 0.346 e. The Bertz CT molecular complexity index is 3570. The van der Waals surface area contributed by atoms with E-state index >= 15 is 0 Å². The minimum absolute atomic E-state index is 0.294. The molecule has 0 atom stereocenters. The lowest BCUT2D eigenvalue weighted by Crippen LogP contribution is -2.09. The van der Waals surface area contributed by atoms with Crippen LogP contribution in [0.2, 0.25) is 0 Å². The van der Waals surface area contributed by atoms with Crippen LogP contribution >= 0.6 is 45.3 Å². The number of nitrogens with zero attached hydrogens (tertiary/aromatic N) is 3. The highest BCUT2D eigenvalue weighted by Gasteiger charge is 2.15. The van der Waals surface area contributed by atoms with Gasteiger partial charge in [0, 0.05) is 56.1 Å². The van der Waals surface area contributed by atoms with Crippen LogP contribution < -0.4 is 4.90 Å². The lowest BCUT2D eigenvalue weighted by Gasteiger charge is -2.26. The van der Waals surface area contributed by atoms with Crippen LogP contribution in [0, 0.1) is 31.8 Å². The van der Waals surface area contributed by atoms with Crippen LogP contribution in [0.3, 0.4) is 0 Å². The third-order valence-corrected chi connectivity index (χ3v) is 16.4. The molecular formula is C64H45N3O4S4. The molecular weight excluding hydrogens is 1000 g/mol. The van der Waals surface area contributed by atoms with Crippen molar-refractivity contribution in [2.75, 3.05) is 4.90 Å². The van der Waals surface area contributed by atoms with Crippen LogP contribution in [-0.4, -0.2) is 22.2 Å². The van der Waals surface area contributed by atoms with E-state index in [-0.39, 0.29) is 11.3 Å². The molecule has 0 spiro atoms. The largest absolute Gasteiger partial charge is 0.486 e. The summed E-state index contributed by atoms with van der Waals surface area (Å²) in [6, 6.07) is 60.5. The average Bonchev–Trinajstić information content (AvgIpc) is 4.28. The number of allylic oxidation sites excluding steroid dienone is 2. The normalized spacial score (nSPS) is 11.8. The highest BCUT2D eigenvalue weighted by Crippen LogP contribution is 2.39. The minimum Gasteiger partial charge on any atom is -0.486 e. The number of carboxylic acids is 2. The van der Waals surface area contributed by atoms with E-state index in [0.717, 1.165) is 84.6 Å². The molecule has 5 aromatic carbocycles. The van der Waals surface area contributed by atoms with Gasteiger partial charge >= 0.3 is 11.9 Å². The van der Waals surface area contributed by atoms with Crippen molar-refractivity contribution in [2.45, 2.75) is 13.8 Å². The number of rotatable bonds is 17. The van der Waals surface area contributed by atoms with Gasteiger partial charge in [0.15, 0.2) is 0 Å². The molecule has 4 heterocycles. The fraction of sp³-hybridized carbons (Fsp3) is 0.0312. The summed E-state index contributed by atoms with van der Waals surface area (Å²) in [6.07, 6.45) is 17.6. The predicted octanol–water partition coefficient (Wildman–Crippen LogP) is 18.2. The first-order valence-corrected chi connectivity index (χ1v) is 26.8. The standard InChI is InChI=1S/C64H45N3O4S4/c1-42-7-19-47(20-8-42)57(48-21-9-43(2)10-22-48)6-4-5-44-11-23-50(24-12-44)67(51-25-13-45(14-26-51)17-29-53-31-35-59(72-53)61-37-33-55(74-61)39-49(41-65)63(68)69)52-27-15-46(16-28-52)18-30-54-32-36-60(73-54)62-38-34-56(75-62)40-58(66-3)64(70)71/h4-40H,1-2H3,(H,68,69)(H,70,71). The summed E-state index contributed by atoms with van der Waals surface area (Å²) < 4.78 is 0. The van der Waals surface area contributed by atoms with Gasteiger partial charge < -0.3 is 15.1 Å². The quantitative estimate of drug-likeness (QED) is 0.0407. The molecule has 0 saturated heterocycles. The lowest BCUT2D eigenvalue weighted by atomic mass is 9.96. The molecule has 0 aliphatic rings. The van der Waals surface area contributed by atoms with Crippen molar-refractivity contribution >= 4 is 122 Å². The second kappa shape index (κ2) is 23.7. The van der Waals surface area contributed by atoms with E-state index in [4.69, 9.17) is 6.57 Å². The van der Waals surface area contributed by atoms with E-state index < -0.39 is 11.9 Å².